The van der Waals surface area contributed by atoms with E-state index in [1.165, 1.54) is 0 Å². The quantitative estimate of drug-likeness (QED) is 0.634. The molecule has 0 aliphatic rings. The largest absolute Gasteiger partial charge is 0.389 e. The van der Waals surface area contributed by atoms with Crippen LogP contribution >= 0.6 is 0 Å². The van der Waals surface area contributed by atoms with Gasteiger partial charge >= 0.3 is 0 Å². The summed E-state index contributed by atoms with van der Waals surface area (Å²) in [6, 6.07) is 3.58. The molecule has 2 atom stereocenters. The van der Waals surface area contributed by atoms with E-state index in [1.807, 2.05) is 13.0 Å². The van der Waals surface area contributed by atoms with Crippen LogP contribution in [0.4, 0.5) is 0 Å². The lowest BCUT2D eigenvalue weighted by molar-refractivity contribution is 0.0200. The van der Waals surface area contributed by atoms with E-state index in [9.17, 15) is 10.2 Å². The number of nitrogens with zero attached hydrogens (tertiary/aromatic N) is 1. The van der Waals surface area contributed by atoms with Crippen molar-refractivity contribution in [1.29, 1.82) is 0 Å². The van der Waals surface area contributed by atoms with Crippen LogP contribution < -0.4 is 5.32 Å². The summed E-state index contributed by atoms with van der Waals surface area (Å²) in [5.41, 5.74) is 1.53. The molecule has 14 heavy (non-hydrogen) atoms. The zero-order chi connectivity index (χ0) is 10.6. The van der Waals surface area contributed by atoms with Crippen molar-refractivity contribution in [3.05, 3.63) is 29.6 Å². The first-order chi connectivity index (χ1) is 6.65. The number of hydrogen-bond donors (Lipinski definition) is 3. The summed E-state index contributed by atoms with van der Waals surface area (Å²) >= 11 is 0. The highest BCUT2D eigenvalue weighted by atomic mass is 16.3. The van der Waals surface area contributed by atoms with Crippen molar-refractivity contribution in [2.24, 2.45) is 0 Å². The van der Waals surface area contributed by atoms with E-state index in [0.29, 0.717) is 12.1 Å². The summed E-state index contributed by atoms with van der Waals surface area (Å²) < 4.78 is 0. The molecule has 1 aromatic heterocycles. The van der Waals surface area contributed by atoms with Crippen molar-refractivity contribution in [3.63, 3.8) is 0 Å². The average molecular weight is 196 g/mol. The van der Waals surface area contributed by atoms with Gasteiger partial charge in [-0.25, -0.2) is 0 Å². The van der Waals surface area contributed by atoms with Gasteiger partial charge in [0.2, 0.25) is 0 Å². The van der Waals surface area contributed by atoms with E-state index in [1.54, 1.807) is 19.3 Å². The number of aromatic nitrogens is 1. The number of pyridine rings is 1. The molecule has 4 heteroatoms. The predicted octanol–water partition coefficient (Wildman–Crippen LogP) is 0.00372. The zero-order valence-corrected chi connectivity index (χ0v) is 8.44. The van der Waals surface area contributed by atoms with Gasteiger partial charge in [0.1, 0.15) is 6.10 Å². The number of hydrogen-bond acceptors (Lipinski definition) is 4. The standard InChI is InChI=1S/C10H16N2O2/c1-7-3-4-8(5-12-7)10(14)9(13)6-11-2/h3-5,9-11,13-14H,6H2,1-2H3. The van der Waals surface area contributed by atoms with Gasteiger partial charge in [0.05, 0.1) is 6.10 Å². The topological polar surface area (TPSA) is 65.4 Å². The Morgan fingerprint density at radius 3 is 2.64 bits per heavy atom. The summed E-state index contributed by atoms with van der Waals surface area (Å²) in [7, 11) is 1.73. The normalized spacial score (nSPS) is 15.1. The molecule has 1 aromatic rings. The van der Waals surface area contributed by atoms with Crippen LogP contribution in [0.3, 0.4) is 0 Å². The molecule has 0 saturated heterocycles. The second kappa shape index (κ2) is 5.05. The van der Waals surface area contributed by atoms with E-state index in [-0.39, 0.29) is 0 Å². The first kappa shape index (κ1) is 11.1. The van der Waals surface area contributed by atoms with Gasteiger partial charge in [-0.15, -0.1) is 0 Å². The van der Waals surface area contributed by atoms with E-state index in [2.05, 4.69) is 10.3 Å². The molecule has 1 heterocycles. The number of aryl methyl sites for hydroxylation is 1. The SMILES string of the molecule is CNCC(O)C(O)c1ccc(C)nc1. The first-order valence-corrected chi connectivity index (χ1v) is 4.58. The van der Waals surface area contributed by atoms with Gasteiger partial charge in [0.15, 0.2) is 0 Å². The molecule has 0 spiro atoms. The number of likely N-dealkylation sites (N-methyl/N-ethyl adjacent to an activating group) is 1. The lowest BCUT2D eigenvalue weighted by Crippen LogP contribution is -2.29. The highest BCUT2D eigenvalue weighted by Gasteiger charge is 2.17. The maximum atomic E-state index is 9.68. The number of rotatable bonds is 4. The number of aliphatic hydroxyl groups excluding tert-OH is 2. The molecule has 0 aliphatic heterocycles. The van der Waals surface area contributed by atoms with Crippen LogP contribution in [0.15, 0.2) is 18.3 Å². The third-order valence-electron chi connectivity index (χ3n) is 2.05. The summed E-state index contributed by atoms with van der Waals surface area (Å²) in [6.45, 7) is 2.23. The van der Waals surface area contributed by atoms with Crippen LogP contribution in [0.25, 0.3) is 0 Å². The maximum Gasteiger partial charge on any atom is 0.108 e. The third-order valence-corrected chi connectivity index (χ3v) is 2.05. The molecule has 3 N–H and O–H groups in total. The molecule has 2 unspecified atom stereocenters. The zero-order valence-electron chi connectivity index (χ0n) is 8.44. The van der Waals surface area contributed by atoms with E-state index >= 15 is 0 Å². The van der Waals surface area contributed by atoms with Crippen molar-refractivity contribution in [2.45, 2.75) is 19.1 Å². The Balaban J connectivity index is 2.68. The molecule has 0 saturated carbocycles. The predicted molar refractivity (Wildman–Crippen MR) is 53.9 cm³/mol. The van der Waals surface area contributed by atoms with Crippen LogP contribution in [0.2, 0.25) is 0 Å². The molecule has 0 amide bonds. The van der Waals surface area contributed by atoms with Crippen LogP contribution in [-0.2, 0) is 0 Å². The Hall–Kier alpha value is -0.970. The van der Waals surface area contributed by atoms with Crippen molar-refractivity contribution in [1.82, 2.24) is 10.3 Å². The fourth-order valence-electron chi connectivity index (χ4n) is 1.20. The Labute approximate surface area is 83.6 Å². The average Bonchev–Trinajstić information content (AvgIpc) is 2.18. The van der Waals surface area contributed by atoms with Gasteiger partial charge in [0.25, 0.3) is 0 Å². The van der Waals surface area contributed by atoms with Crippen molar-refractivity contribution >= 4 is 0 Å². The van der Waals surface area contributed by atoms with Gasteiger partial charge in [-0.2, -0.15) is 0 Å². The van der Waals surface area contributed by atoms with Gasteiger partial charge < -0.3 is 15.5 Å². The third kappa shape index (κ3) is 2.77. The second-order valence-corrected chi connectivity index (χ2v) is 3.30. The van der Waals surface area contributed by atoms with Crippen LogP contribution in [0, 0.1) is 6.92 Å². The molecule has 4 nitrogen and oxygen atoms in total. The van der Waals surface area contributed by atoms with Crippen LogP contribution in [0.1, 0.15) is 17.4 Å². The van der Waals surface area contributed by atoms with Crippen LogP contribution in [0.5, 0.6) is 0 Å². The summed E-state index contributed by atoms with van der Waals surface area (Å²) in [5.74, 6) is 0. The Kier molecular flexibility index (Phi) is 4.00. The number of aliphatic hydroxyl groups is 2. The fraction of sp³-hybridized carbons (Fsp3) is 0.500. The molecule has 0 fully saturated rings. The number of nitrogens with one attached hydrogen (secondary N) is 1. The highest BCUT2D eigenvalue weighted by molar-refractivity contribution is 5.16. The lowest BCUT2D eigenvalue weighted by atomic mass is 10.1. The summed E-state index contributed by atoms with van der Waals surface area (Å²) in [5, 5.41) is 22.0. The van der Waals surface area contributed by atoms with E-state index in [0.717, 1.165) is 5.69 Å². The monoisotopic (exact) mass is 196 g/mol. The minimum absolute atomic E-state index is 0.356. The molecular weight excluding hydrogens is 180 g/mol. The maximum absolute atomic E-state index is 9.68. The molecule has 0 aliphatic carbocycles. The molecule has 1 rings (SSSR count). The molecule has 0 aromatic carbocycles. The van der Waals surface area contributed by atoms with Crippen molar-refractivity contribution in [2.75, 3.05) is 13.6 Å². The first-order valence-electron chi connectivity index (χ1n) is 4.58. The minimum atomic E-state index is -0.879. The Bertz CT molecular complexity index is 274. The second-order valence-electron chi connectivity index (χ2n) is 3.30. The minimum Gasteiger partial charge on any atom is -0.389 e. The van der Waals surface area contributed by atoms with Gasteiger partial charge in [-0.05, 0) is 20.0 Å². The molecule has 0 bridgehead atoms. The van der Waals surface area contributed by atoms with Crippen molar-refractivity contribution < 1.29 is 10.2 Å². The fourth-order valence-corrected chi connectivity index (χ4v) is 1.20. The molecule has 0 radical (unpaired) electrons. The van der Waals surface area contributed by atoms with Crippen molar-refractivity contribution in [3.8, 4) is 0 Å². The molecule has 78 valence electrons. The van der Waals surface area contributed by atoms with Gasteiger partial charge in [0, 0.05) is 24.0 Å². The molecular formula is C10H16N2O2. The van der Waals surface area contributed by atoms with E-state index < -0.39 is 12.2 Å². The summed E-state index contributed by atoms with van der Waals surface area (Å²) in [6.07, 6.45) is -0.0983. The Morgan fingerprint density at radius 2 is 2.14 bits per heavy atom. The smallest absolute Gasteiger partial charge is 0.108 e. The Morgan fingerprint density at radius 1 is 1.43 bits per heavy atom. The van der Waals surface area contributed by atoms with Gasteiger partial charge in [-0.1, -0.05) is 6.07 Å². The summed E-state index contributed by atoms with van der Waals surface area (Å²) in [4.78, 5) is 4.05. The lowest BCUT2D eigenvalue weighted by Gasteiger charge is -2.17. The highest BCUT2D eigenvalue weighted by Crippen LogP contribution is 2.15. The van der Waals surface area contributed by atoms with Gasteiger partial charge in [-0.3, -0.25) is 4.98 Å². The van der Waals surface area contributed by atoms with E-state index in [4.69, 9.17) is 0 Å². The van der Waals surface area contributed by atoms with Crippen LogP contribution in [-0.4, -0.2) is 34.9 Å².